The maximum Gasteiger partial charge on any atom is 0.335 e. The molecule has 0 spiro atoms. The minimum atomic E-state index is -1.03. The largest absolute Gasteiger partial charge is 0.478 e. The molecule has 0 heterocycles. The van der Waals surface area contributed by atoms with Crippen molar-refractivity contribution < 1.29 is 19.8 Å². The number of carbonyl (C=O) groups is 2. The number of hydrogen-bond acceptors (Lipinski definition) is 2. The molecule has 0 atom stereocenters. The third kappa shape index (κ3) is 3.61. The highest BCUT2D eigenvalue weighted by Gasteiger charge is 2.02. The zero-order valence-corrected chi connectivity index (χ0v) is 9.25. The van der Waals surface area contributed by atoms with E-state index in [0.29, 0.717) is 5.56 Å². The highest BCUT2D eigenvalue weighted by atomic mass is 16.4. The van der Waals surface area contributed by atoms with E-state index in [4.69, 9.17) is 10.2 Å². The highest BCUT2D eigenvalue weighted by molar-refractivity contribution is 5.89. The predicted molar refractivity (Wildman–Crippen MR) is 62.7 cm³/mol. The van der Waals surface area contributed by atoms with E-state index in [9.17, 15) is 9.59 Å². The second kappa shape index (κ2) is 5.65. The van der Waals surface area contributed by atoms with Gasteiger partial charge in [0.05, 0.1) is 11.1 Å². The molecule has 0 saturated carbocycles. The average Bonchev–Trinajstić information content (AvgIpc) is 2.25. The van der Waals surface area contributed by atoms with Crippen molar-refractivity contribution in [3.8, 4) is 0 Å². The van der Waals surface area contributed by atoms with Crippen LogP contribution < -0.4 is 0 Å². The summed E-state index contributed by atoms with van der Waals surface area (Å²) in [5.41, 5.74) is 0.876. The molecule has 0 saturated heterocycles. The van der Waals surface area contributed by atoms with E-state index in [0.717, 1.165) is 0 Å². The molecule has 0 aliphatic rings. The maximum atomic E-state index is 10.9. The van der Waals surface area contributed by atoms with Crippen molar-refractivity contribution in [2.45, 2.75) is 6.92 Å². The van der Waals surface area contributed by atoms with Crippen molar-refractivity contribution in [2.24, 2.45) is 0 Å². The number of carboxylic acids is 2. The summed E-state index contributed by atoms with van der Waals surface area (Å²) < 4.78 is 0. The molecular formula is C13H12O4. The van der Waals surface area contributed by atoms with Crippen LogP contribution in [-0.4, -0.2) is 22.2 Å². The van der Waals surface area contributed by atoms with E-state index in [1.165, 1.54) is 36.4 Å². The van der Waals surface area contributed by atoms with E-state index in [1.807, 2.05) is 0 Å². The highest BCUT2D eigenvalue weighted by Crippen LogP contribution is 2.04. The van der Waals surface area contributed by atoms with Crippen LogP contribution in [0.1, 0.15) is 26.3 Å². The lowest BCUT2D eigenvalue weighted by Crippen LogP contribution is -1.97. The van der Waals surface area contributed by atoms with Gasteiger partial charge in [-0.05, 0) is 30.7 Å². The van der Waals surface area contributed by atoms with E-state index >= 15 is 0 Å². The number of aryl methyl sites for hydroxylation is 1. The standard InChI is InChI=1S/C13H12O4/c1-9-5-4-7-10(12(14)15)6-2-3-8-11(9)13(16)17/h2-8H,1H3,(H,14,15)(H,16,17). The Morgan fingerprint density at radius 3 is 2.06 bits per heavy atom. The molecular weight excluding hydrogens is 220 g/mol. The van der Waals surface area contributed by atoms with Gasteiger partial charge in [0.25, 0.3) is 0 Å². The van der Waals surface area contributed by atoms with E-state index in [1.54, 1.807) is 13.0 Å². The molecule has 0 amide bonds. The molecule has 4 heteroatoms. The fraction of sp³-hybridized carbons (Fsp3) is 0.0769. The SMILES string of the molecule is Cc1cccc(C(=O)O)ccccc1C(=O)O. The molecule has 1 rings (SSSR count). The molecule has 0 aliphatic heterocycles. The summed E-state index contributed by atoms with van der Waals surface area (Å²) in [5.74, 6) is -2.04. The Kier molecular flexibility index (Phi) is 4.22. The lowest BCUT2D eigenvalue weighted by molar-refractivity contribution is 0.0685. The Hall–Kier alpha value is -2.36. The fourth-order valence-corrected chi connectivity index (χ4v) is 1.27. The van der Waals surface area contributed by atoms with Crippen molar-refractivity contribution in [3.05, 3.63) is 59.2 Å². The molecule has 4 nitrogen and oxygen atoms in total. The van der Waals surface area contributed by atoms with Gasteiger partial charge in [0.1, 0.15) is 0 Å². The molecule has 17 heavy (non-hydrogen) atoms. The molecule has 88 valence electrons. The van der Waals surface area contributed by atoms with E-state index in [-0.39, 0.29) is 11.1 Å². The van der Waals surface area contributed by atoms with Crippen LogP contribution in [0.4, 0.5) is 0 Å². The van der Waals surface area contributed by atoms with Crippen molar-refractivity contribution in [1.29, 1.82) is 0 Å². The average molecular weight is 232 g/mol. The zero-order chi connectivity index (χ0) is 12.8. The Morgan fingerprint density at radius 1 is 0.882 bits per heavy atom. The third-order valence-electron chi connectivity index (χ3n) is 2.17. The molecule has 1 aromatic carbocycles. The summed E-state index contributed by atoms with van der Waals surface area (Å²) in [7, 11) is 0. The first-order valence-corrected chi connectivity index (χ1v) is 4.93. The van der Waals surface area contributed by atoms with Crippen LogP contribution in [0.3, 0.4) is 0 Å². The normalized spacial score (nSPS) is 9.24. The molecule has 1 aromatic rings. The van der Waals surface area contributed by atoms with Crippen LogP contribution in [0.5, 0.6) is 0 Å². The Balaban J connectivity index is 3.43. The molecule has 0 radical (unpaired) electrons. The van der Waals surface area contributed by atoms with Crippen LogP contribution in [0.2, 0.25) is 0 Å². The second-order valence-corrected chi connectivity index (χ2v) is 3.41. The maximum absolute atomic E-state index is 10.9. The zero-order valence-electron chi connectivity index (χ0n) is 9.25. The number of hydrogen-bond donors (Lipinski definition) is 2. The van der Waals surface area contributed by atoms with Gasteiger partial charge in [-0.15, -0.1) is 0 Å². The summed E-state index contributed by atoms with van der Waals surface area (Å²) in [4.78, 5) is 21.7. The van der Waals surface area contributed by atoms with E-state index < -0.39 is 11.9 Å². The lowest BCUT2D eigenvalue weighted by Gasteiger charge is -1.95. The molecule has 0 aromatic heterocycles. The summed E-state index contributed by atoms with van der Waals surface area (Å²) in [6, 6.07) is 10.3. The Labute approximate surface area is 98.5 Å². The number of aromatic carboxylic acids is 2. The number of rotatable bonds is 2. The van der Waals surface area contributed by atoms with Crippen molar-refractivity contribution in [2.75, 3.05) is 0 Å². The quantitative estimate of drug-likeness (QED) is 0.821. The smallest absolute Gasteiger partial charge is 0.335 e. The summed E-state index contributed by atoms with van der Waals surface area (Å²) in [5, 5.41) is 17.8. The van der Waals surface area contributed by atoms with Gasteiger partial charge < -0.3 is 10.2 Å². The van der Waals surface area contributed by atoms with Gasteiger partial charge in [-0.25, -0.2) is 9.59 Å². The van der Waals surface area contributed by atoms with Crippen molar-refractivity contribution >= 4 is 11.9 Å². The number of carboxylic acid groups (broad SMARTS) is 2. The van der Waals surface area contributed by atoms with Crippen LogP contribution in [0.25, 0.3) is 0 Å². The summed E-state index contributed by atoms with van der Waals surface area (Å²) >= 11 is 0. The van der Waals surface area contributed by atoms with Crippen molar-refractivity contribution in [1.82, 2.24) is 0 Å². The molecule has 2 N–H and O–H groups in total. The molecule has 0 fully saturated rings. The van der Waals surface area contributed by atoms with Gasteiger partial charge in [0, 0.05) is 0 Å². The first kappa shape index (κ1) is 12.7. The van der Waals surface area contributed by atoms with Gasteiger partial charge in [-0.3, -0.25) is 0 Å². The summed E-state index contributed by atoms with van der Waals surface area (Å²) in [6.07, 6.45) is 0. The molecule has 0 unspecified atom stereocenters. The first-order chi connectivity index (χ1) is 8.02. The predicted octanol–water partition coefficient (Wildman–Crippen LogP) is 2.52. The minimum absolute atomic E-state index is 0.137. The summed E-state index contributed by atoms with van der Waals surface area (Å²) in [6.45, 7) is 1.66. The van der Waals surface area contributed by atoms with Gasteiger partial charge >= 0.3 is 11.9 Å². The van der Waals surface area contributed by atoms with Gasteiger partial charge in [-0.1, -0.05) is 24.3 Å². The first-order valence-electron chi connectivity index (χ1n) is 4.93. The fourth-order valence-electron chi connectivity index (χ4n) is 1.27. The monoisotopic (exact) mass is 232 g/mol. The van der Waals surface area contributed by atoms with Gasteiger partial charge in [0.15, 0.2) is 0 Å². The third-order valence-corrected chi connectivity index (χ3v) is 2.17. The molecule has 0 aliphatic carbocycles. The molecule has 0 bridgehead atoms. The van der Waals surface area contributed by atoms with E-state index in [2.05, 4.69) is 0 Å². The second-order valence-electron chi connectivity index (χ2n) is 3.41. The topological polar surface area (TPSA) is 74.6 Å². The minimum Gasteiger partial charge on any atom is -0.478 e. The van der Waals surface area contributed by atoms with Crippen LogP contribution in [0.15, 0.2) is 42.5 Å². The lowest BCUT2D eigenvalue weighted by atomic mass is 10.1. The van der Waals surface area contributed by atoms with Crippen molar-refractivity contribution in [3.63, 3.8) is 0 Å². The van der Waals surface area contributed by atoms with Gasteiger partial charge in [0.2, 0.25) is 0 Å². The van der Waals surface area contributed by atoms with Crippen LogP contribution >= 0.6 is 0 Å². The van der Waals surface area contributed by atoms with Crippen LogP contribution in [0, 0.1) is 6.92 Å². The Morgan fingerprint density at radius 2 is 1.47 bits per heavy atom. The van der Waals surface area contributed by atoms with Crippen LogP contribution in [-0.2, 0) is 0 Å². The Bertz CT molecular complexity index is 505. The van der Waals surface area contributed by atoms with Gasteiger partial charge in [-0.2, -0.15) is 0 Å².